The van der Waals surface area contributed by atoms with Gasteiger partial charge in [0.25, 0.3) is 5.91 Å². The van der Waals surface area contributed by atoms with E-state index in [9.17, 15) is 18.0 Å². The lowest BCUT2D eigenvalue weighted by molar-refractivity contribution is -0.148. The fourth-order valence-corrected chi connectivity index (χ4v) is 5.33. The molecule has 1 aromatic heterocycles. The molecule has 0 saturated heterocycles. The molecule has 0 unspecified atom stereocenters. The molecule has 1 aliphatic carbocycles. The fraction of sp³-hybridized carbons (Fsp3) is 0.684. The van der Waals surface area contributed by atoms with Gasteiger partial charge in [-0.3, -0.25) is 4.79 Å². The lowest BCUT2D eigenvalue weighted by Crippen LogP contribution is -2.55. The van der Waals surface area contributed by atoms with Crippen molar-refractivity contribution in [1.29, 1.82) is 0 Å². The van der Waals surface area contributed by atoms with E-state index in [-0.39, 0.29) is 10.6 Å². The molecule has 0 atom stereocenters. The van der Waals surface area contributed by atoms with Crippen LogP contribution in [0.2, 0.25) is 0 Å². The number of esters is 1. The van der Waals surface area contributed by atoms with Gasteiger partial charge in [-0.25, -0.2) is 13.2 Å². The van der Waals surface area contributed by atoms with Crippen molar-refractivity contribution in [3.05, 3.63) is 18.0 Å². The molecule has 1 saturated carbocycles. The maximum Gasteiger partial charge on any atom is 0.331 e. The quantitative estimate of drug-likeness (QED) is 0.545. The average molecular weight is 414 g/mol. The molecule has 0 bridgehead atoms. The SMILES string of the molecule is CCN(CC)S(=O)(=O)c1cc(C(=O)NC2(C(=O)OC)CCCCCC2)n(C)c1. The van der Waals surface area contributed by atoms with Crippen LogP contribution in [0.5, 0.6) is 0 Å². The number of carbonyl (C=O) groups excluding carboxylic acids is 2. The molecule has 2 rings (SSSR count). The van der Waals surface area contributed by atoms with Crippen molar-refractivity contribution < 1.29 is 22.7 Å². The summed E-state index contributed by atoms with van der Waals surface area (Å²) < 4.78 is 33.3. The number of carbonyl (C=O) groups is 2. The largest absolute Gasteiger partial charge is 0.467 e. The minimum Gasteiger partial charge on any atom is -0.467 e. The summed E-state index contributed by atoms with van der Waals surface area (Å²) in [5, 5.41) is 2.86. The number of aromatic nitrogens is 1. The van der Waals surface area contributed by atoms with Crippen LogP contribution in [0, 0.1) is 0 Å². The first-order chi connectivity index (χ1) is 13.2. The Morgan fingerprint density at radius 1 is 1.18 bits per heavy atom. The van der Waals surface area contributed by atoms with E-state index in [4.69, 9.17) is 4.74 Å². The summed E-state index contributed by atoms with van der Waals surface area (Å²) in [6, 6.07) is 1.37. The summed E-state index contributed by atoms with van der Waals surface area (Å²) in [5.41, 5.74) is -0.872. The Morgan fingerprint density at radius 2 is 1.75 bits per heavy atom. The predicted molar refractivity (Wildman–Crippen MR) is 105 cm³/mol. The number of nitrogens with zero attached hydrogens (tertiary/aromatic N) is 2. The topological polar surface area (TPSA) is 97.7 Å². The van der Waals surface area contributed by atoms with Gasteiger partial charge >= 0.3 is 5.97 Å². The van der Waals surface area contributed by atoms with Crippen molar-refractivity contribution in [3.8, 4) is 0 Å². The van der Waals surface area contributed by atoms with E-state index in [2.05, 4.69) is 5.32 Å². The highest BCUT2D eigenvalue weighted by Gasteiger charge is 2.41. The van der Waals surface area contributed by atoms with Gasteiger partial charge in [-0.05, 0) is 18.9 Å². The van der Waals surface area contributed by atoms with Crippen LogP contribution < -0.4 is 5.32 Å². The van der Waals surface area contributed by atoms with Gasteiger partial charge in [0, 0.05) is 26.3 Å². The zero-order valence-electron chi connectivity index (χ0n) is 17.2. The van der Waals surface area contributed by atoms with E-state index in [1.54, 1.807) is 20.9 Å². The minimum atomic E-state index is -3.67. The second kappa shape index (κ2) is 9.09. The number of aryl methyl sites for hydroxylation is 1. The first kappa shape index (κ1) is 22.4. The van der Waals surface area contributed by atoms with Crippen LogP contribution in [0.4, 0.5) is 0 Å². The molecule has 0 spiro atoms. The smallest absolute Gasteiger partial charge is 0.331 e. The Balaban J connectivity index is 2.33. The van der Waals surface area contributed by atoms with Crippen LogP contribution in [0.25, 0.3) is 0 Å². The van der Waals surface area contributed by atoms with Crippen LogP contribution in [-0.2, 0) is 26.6 Å². The third-order valence-corrected chi connectivity index (χ3v) is 7.46. The monoisotopic (exact) mass is 413 g/mol. The molecule has 1 fully saturated rings. The van der Waals surface area contributed by atoms with Gasteiger partial charge in [0.05, 0.1) is 7.11 Å². The fourth-order valence-electron chi connectivity index (χ4n) is 3.80. The molecule has 158 valence electrons. The van der Waals surface area contributed by atoms with Gasteiger partial charge in [0.2, 0.25) is 10.0 Å². The molecule has 1 aliphatic rings. The van der Waals surface area contributed by atoms with Crippen LogP contribution in [-0.4, -0.2) is 54.9 Å². The molecule has 1 N–H and O–H groups in total. The molecule has 28 heavy (non-hydrogen) atoms. The van der Waals surface area contributed by atoms with Gasteiger partial charge in [0.1, 0.15) is 16.1 Å². The zero-order chi connectivity index (χ0) is 20.9. The van der Waals surface area contributed by atoms with Gasteiger partial charge in [-0.15, -0.1) is 0 Å². The number of hydrogen-bond donors (Lipinski definition) is 1. The normalized spacial score (nSPS) is 17.2. The first-order valence-electron chi connectivity index (χ1n) is 9.79. The Labute approximate surface area is 167 Å². The highest BCUT2D eigenvalue weighted by Crippen LogP contribution is 2.29. The Bertz CT molecular complexity index is 804. The van der Waals surface area contributed by atoms with Crippen molar-refractivity contribution in [1.82, 2.24) is 14.2 Å². The maximum absolute atomic E-state index is 13.0. The number of amides is 1. The third-order valence-electron chi connectivity index (χ3n) is 5.44. The third kappa shape index (κ3) is 4.41. The second-order valence-electron chi connectivity index (χ2n) is 7.20. The molecule has 1 heterocycles. The van der Waals surface area contributed by atoms with Crippen LogP contribution in [0.3, 0.4) is 0 Å². The van der Waals surface area contributed by atoms with E-state index >= 15 is 0 Å². The summed E-state index contributed by atoms with van der Waals surface area (Å²) in [5.74, 6) is -0.927. The number of methoxy groups -OCH3 is 1. The van der Waals surface area contributed by atoms with Crippen molar-refractivity contribution in [2.24, 2.45) is 7.05 Å². The van der Waals surface area contributed by atoms with Crippen molar-refractivity contribution in [2.45, 2.75) is 62.8 Å². The molecule has 0 aromatic carbocycles. The number of ether oxygens (including phenoxy) is 1. The van der Waals surface area contributed by atoms with Crippen molar-refractivity contribution in [3.63, 3.8) is 0 Å². The first-order valence-corrected chi connectivity index (χ1v) is 11.2. The summed E-state index contributed by atoms with van der Waals surface area (Å²) in [7, 11) is -0.734. The van der Waals surface area contributed by atoms with Crippen LogP contribution in [0.1, 0.15) is 62.9 Å². The number of hydrogen-bond acceptors (Lipinski definition) is 5. The standard InChI is InChI=1S/C19H31N3O5S/c1-5-22(6-2)28(25,26)15-13-16(21(3)14-15)17(23)20-19(18(24)27-4)11-9-7-8-10-12-19/h13-14H,5-12H2,1-4H3,(H,20,23). The minimum absolute atomic E-state index is 0.0665. The van der Waals surface area contributed by atoms with E-state index in [1.165, 1.54) is 28.2 Å². The molecule has 0 aliphatic heterocycles. The molecule has 0 radical (unpaired) electrons. The molecule has 9 heteroatoms. The number of sulfonamides is 1. The van der Waals surface area contributed by atoms with Crippen LogP contribution in [0.15, 0.2) is 17.2 Å². The highest BCUT2D eigenvalue weighted by molar-refractivity contribution is 7.89. The Morgan fingerprint density at radius 3 is 2.25 bits per heavy atom. The van der Waals surface area contributed by atoms with Gasteiger partial charge in [0.15, 0.2) is 0 Å². The zero-order valence-corrected chi connectivity index (χ0v) is 18.0. The average Bonchev–Trinajstić information content (AvgIpc) is 2.91. The highest BCUT2D eigenvalue weighted by atomic mass is 32.2. The van der Waals surface area contributed by atoms with E-state index in [0.29, 0.717) is 25.9 Å². The van der Waals surface area contributed by atoms with E-state index in [1.807, 2.05) is 0 Å². The predicted octanol–water partition coefficient (Wildman–Crippen LogP) is 2.05. The lowest BCUT2D eigenvalue weighted by atomic mass is 9.90. The summed E-state index contributed by atoms with van der Waals surface area (Å²) in [4.78, 5) is 25.5. The Kier molecular flexibility index (Phi) is 7.28. The number of nitrogens with one attached hydrogen (secondary N) is 1. The van der Waals surface area contributed by atoms with Crippen molar-refractivity contribution >= 4 is 21.9 Å². The van der Waals surface area contributed by atoms with Gasteiger partial charge in [-0.2, -0.15) is 4.31 Å². The lowest BCUT2D eigenvalue weighted by Gasteiger charge is -2.30. The summed E-state index contributed by atoms with van der Waals surface area (Å²) in [6.07, 6.45) is 6.12. The molecule has 1 aromatic rings. The summed E-state index contributed by atoms with van der Waals surface area (Å²) in [6.45, 7) is 4.23. The number of rotatable bonds is 7. The van der Waals surface area contributed by atoms with Gasteiger partial charge < -0.3 is 14.6 Å². The molecule has 8 nitrogen and oxygen atoms in total. The molecular formula is C19H31N3O5S. The van der Waals surface area contributed by atoms with Gasteiger partial charge in [-0.1, -0.05) is 39.5 Å². The maximum atomic E-state index is 13.0. The second-order valence-corrected chi connectivity index (χ2v) is 9.14. The van der Waals surface area contributed by atoms with Crippen molar-refractivity contribution in [2.75, 3.05) is 20.2 Å². The van der Waals surface area contributed by atoms with Crippen LogP contribution >= 0.6 is 0 Å². The Hall–Kier alpha value is -1.87. The van der Waals surface area contributed by atoms with E-state index < -0.39 is 27.4 Å². The molecular weight excluding hydrogens is 382 g/mol. The summed E-state index contributed by atoms with van der Waals surface area (Å²) >= 11 is 0. The molecule has 1 amide bonds. The van der Waals surface area contributed by atoms with E-state index in [0.717, 1.165) is 25.7 Å².